The number of hydrogen-bond acceptors (Lipinski definition) is 5. The molecule has 7 heteroatoms. The summed E-state index contributed by atoms with van der Waals surface area (Å²) in [4.78, 5) is 12.3. The molecule has 0 bridgehead atoms. The van der Waals surface area contributed by atoms with E-state index in [1.165, 1.54) is 0 Å². The number of hydrogen-bond donors (Lipinski definition) is 1. The Bertz CT molecular complexity index is 918. The molecule has 2 heterocycles. The minimum atomic E-state index is -0.130. The molecule has 1 aliphatic heterocycles. The molecule has 0 saturated heterocycles. The number of carbonyl (C=O) groups excluding carboxylic acids is 1. The lowest BCUT2D eigenvalue weighted by Crippen LogP contribution is -2.27. The van der Waals surface area contributed by atoms with Gasteiger partial charge in [0, 0.05) is 29.8 Å². The second-order valence-electron chi connectivity index (χ2n) is 5.97. The summed E-state index contributed by atoms with van der Waals surface area (Å²) in [6.45, 7) is 1.52. The number of nitrogens with one attached hydrogen (secondary N) is 1. The van der Waals surface area contributed by atoms with Crippen molar-refractivity contribution in [2.45, 2.75) is 13.1 Å². The zero-order valence-corrected chi connectivity index (χ0v) is 14.4. The zero-order valence-electron chi connectivity index (χ0n) is 14.4. The molecule has 1 aliphatic rings. The fraction of sp³-hybridized carbons (Fsp3) is 0.263. The molecule has 0 saturated carbocycles. The molecule has 0 atom stereocenters. The fourth-order valence-electron chi connectivity index (χ4n) is 2.93. The zero-order chi connectivity index (χ0) is 17.9. The highest BCUT2D eigenvalue weighted by Gasteiger charge is 2.17. The summed E-state index contributed by atoms with van der Waals surface area (Å²) >= 11 is 0. The Hall–Kier alpha value is -3.22. The molecule has 0 fully saturated rings. The van der Waals surface area contributed by atoms with Crippen molar-refractivity contribution < 1.29 is 19.0 Å². The quantitative estimate of drug-likeness (QED) is 0.761. The third-order valence-corrected chi connectivity index (χ3v) is 4.19. The Kier molecular flexibility index (Phi) is 4.35. The first-order valence-electron chi connectivity index (χ1n) is 8.38. The van der Waals surface area contributed by atoms with Gasteiger partial charge in [-0.2, -0.15) is 5.10 Å². The van der Waals surface area contributed by atoms with Crippen LogP contribution < -0.4 is 19.5 Å². The van der Waals surface area contributed by atoms with Gasteiger partial charge in [-0.05, 0) is 12.1 Å². The molecule has 0 aliphatic carbocycles. The van der Waals surface area contributed by atoms with E-state index in [-0.39, 0.29) is 12.5 Å². The number of rotatable bonds is 5. The lowest BCUT2D eigenvalue weighted by Gasteiger charge is -2.20. The highest BCUT2D eigenvalue weighted by Crippen LogP contribution is 2.36. The van der Waals surface area contributed by atoms with Crippen molar-refractivity contribution in [3.8, 4) is 17.2 Å². The lowest BCUT2D eigenvalue weighted by molar-refractivity contribution is -0.122. The predicted octanol–water partition coefficient (Wildman–Crippen LogP) is 2.13. The van der Waals surface area contributed by atoms with E-state index < -0.39 is 0 Å². The second kappa shape index (κ2) is 6.95. The number of ether oxygens (including phenoxy) is 3. The van der Waals surface area contributed by atoms with Crippen LogP contribution in [0.4, 0.5) is 0 Å². The van der Waals surface area contributed by atoms with Crippen LogP contribution in [0.1, 0.15) is 5.56 Å². The van der Waals surface area contributed by atoms with Gasteiger partial charge in [0.05, 0.1) is 12.6 Å². The summed E-state index contributed by atoms with van der Waals surface area (Å²) < 4.78 is 18.2. The van der Waals surface area contributed by atoms with Crippen LogP contribution in [0, 0.1) is 0 Å². The molecule has 0 spiro atoms. The molecular formula is C19H19N3O4. The Labute approximate surface area is 150 Å². The molecule has 1 aromatic heterocycles. The minimum absolute atomic E-state index is 0.130. The van der Waals surface area contributed by atoms with Crippen molar-refractivity contribution >= 4 is 16.8 Å². The van der Waals surface area contributed by atoms with E-state index in [2.05, 4.69) is 10.4 Å². The third-order valence-electron chi connectivity index (χ3n) is 4.19. The number of nitrogens with zero attached hydrogens (tertiary/aromatic N) is 2. The van der Waals surface area contributed by atoms with Crippen LogP contribution in [-0.4, -0.2) is 36.0 Å². The van der Waals surface area contributed by atoms with Crippen LogP contribution in [0.5, 0.6) is 17.2 Å². The number of aromatic nitrogens is 2. The van der Waals surface area contributed by atoms with E-state index in [0.717, 1.165) is 16.5 Å². The maximum atomic E-state index is 12.3. The standard InChI is InChI=1S/C19H19N3O4/c1-24-16-9-18-17(25-6-7-26-18)8-14(16)10-20-19(23)12-22-11-13-4-2-3-5-15(13)21-22/h2-5,8-9,11H,6-7,10,12H2,1H3,(H,20,23). The average Bonchev–Trinajstić information content (AvgIpc) is 3.07. The normalized spacial score (nSPS) is 12.8. The fourth-order valence-corrected chi connectivity index (χ4v) is 2.93. The van der Waals surface area contributed by atoms with E-state index in [1.807, 2.05) is 36.5 Å². The lowest BCUT2D eigenvalue weighted by atomic mass is 10.1. The molecule has 2 aromatic carbocycles. The summed E-state index contributed by atoms with van der Waals surface area (Å²) in [7, 11) is 1.59. The molecule has 0 radical (unpaired) electrons. The topological polar surface area (TPSA) is 74.6 Å². The summed E-state index contributed by atoms with van der Waals surface area (Å²) in [5.41, 5.74) is 1.70. The number of amides is 1. The molecule has 3 aromatic rings. The van der Waals surface area contributed by atoms with E-state index in [0.29, 0.717) is 37.0 Å². The van der Waals surface area contributed by atoms with Crippen molar-refractivity contribution in [2.24, 2.45) is 0 Å². The smallest absolute Gasteiger partial charge is 0.242 e. The Morgan fingerprint density at radius 3 is 2.77 bits per heavy atom. The molecule has 1 amide bonds. The van der Waals surface area contributed by atoms with E-state index in [4.69, 9.17) is 14.2 Å². The van der Waals surface area contributed by atoms with Gasteiger partial charge in [-0.15, -0.1) is 0 Å². The number of benzene rings is 2. The highest BCUT2D eigenvalue weighted by atomic mass is 16.6. The van der Waals surface area contributed by atoms with Gasteiger partial charge < -0.3 is 19.5 Å². The first-order chi connectivity index (χ1) is 12.7. The van der Waals surface area contributed by atoms with Crippen molar-refractivity contribution in [1.82, 2.24) is 15.1 Å². The van der Waals surface area contributed by atoms with Crippen molar-refractivity contribution in [3.05, 3.63) is 48.2 Å². The molecule has 1 N–H and O–H groups in total. The van der Waals surface area contributed by atoms with Gasteiger partial charge in [-0.25, -0.2) is 0 Å². The van der Waals surface area contributed by atoms with Crippen LogP contribution in [0.25, 0.3) is 10.9 Å². The van der Waals surface area contributed by atoms with Gasteiger partial charge in [0.25, 0.3) is 0 Å². The maximum Gasteiger partial charge on any atom is 0.242 e. The maximum absolute atomic E-state index is 12.3. The molecule has 7 nitrogen and oxygen atoms in total. The van der Waals surface area contributed by atoms with Gasteiger partial charge >= 0.3 is 0 Å². The first-order valence-corrected chi connectivity index (χ1v) is 8.38. The van der Waals surface area contributed by atoms with Gasteiger partial charge in [-0.1, -0.05) is 18.2 Å². The molecule has 0 unspecified atom stereocenters. The molecule has 4 rings (SSSR count). The van der Waals surface area contributed by atoms with Crippen LogP contribution in [-0.2, 0) is 17.9 Å². The number of methoxy groups -OCH3 is 1. The summed E-state index contributed by atoms with van der Waals surface area (Å²) in [5, 5.41) is 8.30. The van der Waals surface area contributed by atoms with Crippen LogP contribution in [0.15, 0.2) is 42.6 Å². The van der Waals surface area contributed by atoms with Gasteiger partial charge in [0.15, 0.2) is 11.5 Å². The Morgan fingerprint density at radius 2 is 2.00 bits per heavy atom. The van der Waals surface area contributed by atoms with E-state index in [1.54, 1.807) is 17.9 Å². The Balaban J connectivity index is 1.43. The molecule has 26 heavy (non-hydrogen) atoms. The van der Waals surface area contributed by atoms with Crippen LogP contribution in [0.2, 0.25) is 0 Å². The first kappa shape index (κ1) is 16.3. The van der Waals surface area contributed by atoms with Crippen LogP contribution >= 0.6 is 0 Å². The van der Waals surface area contributed by atoms with Gasteiger partial charge in [0.1, 0.15) is 25.5 Å². The van der Waals surface area contributed by atoms with Crippen LogP contribution in [0.3, 0.4) is 0 Å². The highest BCUT2D eigenvalue weighted by molar-refractivity contribution is 5.79. The SMILES string of the molecule is COc1cc2c(cc1CNC(=O)Cn1cc3ccccc3n1)OCCO2. The molecular weight excluding hydrogens is 334 g/mol. The molecule has 134 valence electrons. The average molecular weight is 353 g/mol. The van der Waals surface area contributed by atoms with Crippen molar-refractivity contribution in [3.63, 3.8) is 0 Å². The van der Waals surface area contributed by atoms with Crippen molar-refractivity contribution in [1.29, 1.82) is 0 Å². The second-order valence-corrected chi connectivity index (χ2v) is 5.97. The van der Waals surface area contributed by atoms with Crippen molar-refractivity contribution in [2.75, 3.05) is 20.3 Å². The van der Waals surface area contributed by atoms with E-state index >= 15 is 0 Å². The minimum Gasteiger partial charge on any atom is -0.496 e. The van der Waals surface area contributed by atoms with E-state index in [9.17, 15) is 4.79 Å². The largest absolute Gasteiger partial charge is 0.496 e. The predicted molar refractivity (Wildman–Crippen MR) is 95.6 cm³/mol. The summed E-state index contributed by atoms with van der Waals surface area (Å²) in [6, 6.07) is 11.4. The number of fused-ring (bicyclic) bond motifs is 2. The summed E-state index contributed by atoms with van der Waals surface area (Å²) in [5.74, 6) is 1.85. The Morgan fingerprint density at radius 1 is 1.23 bits per heavy atom. The van der Waals surface area contributed by atoms with Gasteiger partial charge in [0.2, 0.25) is 5.91 Å². The monoisotopic (exact) mass is 353 g/mol. The third kappa shape index (κ3) is 3.28. The van der Waals surface area contributed by atoms with Gasteiger partial charge in [-0.3, -0.25) is 9.48 Å². The number of carbonyl (C=O) groups is 1. The summed E-state index contributed by atoms with van der Waals surface area (Å²) in [6.07, 6.45) is 1.86.